The Bertz CT molecular complexity index is 483. The Balaban J connectivity index is 1.60. The van der Waals surface area contributed by atoms with Crippen molar-refractivity contribution in [1.29, 1.82) is 0 Å². The van der Waals surface area contributed by atoms with Gasteiger partial charge in [-0.15, -0.1) is 0 Å². The SMILES string of the molecule is NNC(C1CCc2cccnc21)C1CN2CCN1CC2. The first-order valence-corrected chi connectivity index (χ1v) is 7.73. The van der Waals surface area contributed by atoms with E-state index in [-0.39, 0.29) is 0 Å². The summed E-state index contributed by atoms with van der Waals surface area (Å²) in [6.07, 6.45) is 4.23. The molecular weight excluding hydrogens is 250 g/mol. The maximum atomic E-state index is 5.95. The van der Waals surface area contributed by atoms with E-state index >= 15 is 0 Å². The van der Waals surface area contributed by atoms with Crippen molar-refractivity contribution in [3.63, 3.8) is 0 Å². The van der Waals surface area contributed by atoms with Crippen LogP contribution < -0.4 is 11.3 Å². The summed E-state index contributed by atoms with van der Waals surface area (Å²) in [7, 11) is 0. The Hall–Kier alpha value is -1.01. The summed E-state index contributed by atoms with van der Waals surface area (Å²) in [6, 6.07) is 5.10. The van der Waals surface area contributed by atoms with Gasteiger partial charge in [-0.05, 0) is 24.5 Å². The summed E-state index contributed by atoms with van der Waals surface area (Å²) < 4.78 is 0. The van der Waals surface area contributed by atoms with Crippen LogP contribution in [0.3, 0.4) is 0 Å². The van der Waals surface area contributed by atoms with Crippen molar-refractivity contribution >= 4 is 0 Å². The van der Waals surface area contributed by atoms with Crippen molar-refractivity contribution in [2.45, 2.75) is 30.8 Å². The molecular formula is C15H23N5. The average Bonchev–Trinajstić information content (AvgIpc) is 2.94. The molecule has 3 atom stereocenters. The van der Waals surface area contributed by atoms with Crippen LogP contribution >= 0.6 is 0 Å². The van der Waals surface area contributed by atoms with E-state index in [1.807, 2.05) is 12.3 Å². The molecule has 1 aromatic heterocycles. The third kappa shape index (κ3) is 1.97. The number of hydrazine groups is 1. The van der Waals surface area contributed by atoms with Crippen LogP contribution in [-0.4, -0.2) is 59.6 Å². The van der Waals surface area contributed by atoms with Gasteiger partial charge in [-0.25, -0.2) is 0 Å². The molecule has 2 bridgehead atoms. The van der Waals surface area contributed by atoms with E-state index in [9.17, 15) is 0 Å². The van der Waals surface area contributed by atoms with Crippen molar-refractivity contribution in [3.8, 4) is 0 Å². The van der Waals surface area contributed by atoms with E-state index in [1.54, 1.807) is 0 Å². The van der Waals surface area contributed by atoms with Crippen molar-refractivity contribution in [2.24, 2.45) is 5.84 Å². The number of fused-ring (bicyclic) bond motifs is 4. The van der Waals surface area contributed by atoms with Gasteiger partial charge in [0.2, 0.25) is 0 Å². The molecule has 4 heterocycles. The number of nitrogens with zero attached hydrogens (tertiary/aromatic N) is 3. The molecule has 1 aliphatic carbocycles. The van der Waals surface area contributed by atoms with E-state index in [0.29, 0.717) is 18.0 Å². The topological polar surface area (TPSA) is 57.4 Å². The molecule has 0 spiro atoms. The van der Waals surface area contributed by atoms with Crippen molar-refractivity contribution < 1.29 is 0 Å². The summed E-state index contributed by atoms with van der Waals surface area (Å²) in [5.74, 6) is 6.41. The van der Waals surface area contributed by atoms with E-state index in [0.717, 1.165) is 13.0 Å². The fraction of sp³-hybridized carbons (Fsp3) is 0.667. The van der Waals surface area contributed by atoms with Crippen LogP contribution in [0.25, 0.3) is 0 Å². The van der Waals surface area contributed by atoms with Gasteiger partial charge in [0.1, 0.15) is 0 Å². The van der Waals surface area contributed by atoms with Crippen LogP contribution in [-0.2, 0) is 6.42 Å². The molecule has 5 heteroatoms. The summed E-state index contributed by atoms with van der Waals surface area (Å²) in [4.78, 5) is 9.83. The zero-order valence-corrected chi connectivity index (χ0v) is 11.8. The van der Waals surface area contributed by atoms with Gasteiger partial charge < -0.3 is 0 Å². The van der Waals surface area contributed by atoms with E-state index < -0.39 is 0 Å². The molecule has 20 heavy (non-hydrogen) atoms. The molecule has 0 saturated carbocycles. The zero-order chi connectivity index (χ0) is 13.5. The number of aryl methyl sites for hydroxylation is 1. The Kier molecular flexibility index (Phi) is 3.22. The molecule has 3 saturated heterocycles. The summed E-state index contributed by atoms with van der Waals surface area (Å²) >= 11 is 0. The minimum Gasteiger partial charge on any atom is -0.299 e. The van der Waals surface area contributed by atoms with Gasteiger partial charge in [0, 0.05) is 62.6 Å². The van der Waals surface area contributed by atoms with Crippen LogP contribution in [0, 0.1) is 0 Å². The molecule has 3 unspecified atom stereocenters. The third-order valence-electron chi connectivity index (χ3n) is 5.36. The normalized spacial score (nSPS) is 36.9. The number of nitrogens with two attached hydrogens (primary N) is 1. The fourth-order valence-electron chi connectivity index (χ4n) is 4.29. The van der Waals surface area contributed by atoms with Crippen LogP contribution in [0.15, 0.2) is 18.3 Å². The van der Waals surface area contributed by atoms with Gasteiger partial charge in [-0.2, -0.15) is 0 Å². The highest BCUT2D eigenvalue weighted by Crippen LogP contribution is 2.36. The Morgan fingerprint density at radius 2 is 2.15 bits per heavy atom. The highest BCUT2D eigenvalue weighted by Gasteiger charge is 2.42. The van der Waals surface area contributed by atoms with Gasteiger partial charge >= 0.3 is 0 Å². The number of hydrogen-bond donors (Lipinski definition) is 2. The fourth-order valence-corrected chi connectivity index (χ4v) is 4.29. The van der Waals surface area contributed by atoms with E-state index in [1.165, 1.54) is 43.9 Å². The molecule has 3 N–H and O–H groups in total. The first-order valence-electron chi connectivity index (χ1n) is 7.73. The average molecular weight is 273 g/mol. The largest absolute Gasteiger partial charge is 0.299 e. The molecule has 5 nitrogen and oxygen atoms in total. The molecule has 0 radical (unpaired) electrons. The number of pyridine rings is 1. The molecule has 4 aliphatic rings. The molecule has 108 valence electrons. The first-order chi connectivity index (χ1) is 9.86. The first kappa shape index (κ1) is 12.7. The number of rotatable bonds is 3. The van der Waals surface area contributed by atoms with Gasteiger partial charge in [-0.1, -0.05) is 6.07 Å². The monoisotopic (exact) mass is 273 g/mol. The quantitative estimate of drug-likeness (QED) is 0.597. The number of nitrogens with one attached hydrogen (secondary N) is 1. The molecule has 0 aromatic carbocycles. The van der Waals surface area contributed by atoms with Crippen LogP contribution in [0.4, 0.5) is 0 Å². The summed E-state index contributed by atoms with van der Waals surface area (Å²) in [6.45, 7) is 5.95. The lowest BCUT2D eigenvalue weighted by Crippen LogP contribution is -2.68. The van der Waals surface area contributed by atoms with Crippen molar-refractivity contribution in [2.75, 3.05) is 32.7 Å². The Labute approximate surface area is 120 Å². The number of hydrogen-bond acceptors (Lipinski definition) is 5. The highest BCUT2D eigenvalue weighted by atomic mass is 15.4. The predicted octanol–water partition coefficient (Wildman–Crippen LogP) is -0.0569. The van der Waals surface area contributed by atoms with E-state index in [2.05, 4.69) is 26.3 Å². The second-order valence-corrected chi connectivity index (χ2v) is 6.29. The Morgan fingerprint density at radius 1 is 1.30 bits per heavy atom. The minimum atomic E-state index is 0.314. The Morgan fingerprint density at radius 3 is 2.85 bits per heavy atom. The molecule has 5 rings (SSSR count). The molecule has 3 fully saturated rings. The second-order valence-electron chi connectivity index (χ2n) is 6.29. The standard InChI is InChI=1S/C15H23N5/c16-18-15(13-10-19-6-8-20(13)9-7-19)12-4-3-11-2-1-5-17-14(11)12/h1-2,5,12-13,15,18H,3-4,6-10,16H2. The van der Waals surface area contributed by atoms with Crippen molar-refractivity contribution in [1.82, 2.24) is 20.2 Å². The second kappa shape index (κ2) is 5.07. The zero-order valence-electron chi connectivity index (χ0n) is 11.8. The predicted molar refractivity (Wildman–Crippen MR) is 78.2 cm³/mol. The lowest BCUT2D eigenvalue weighted by atomic mass is 9.88. The van der Waals surface area contributed by atoms with Crippen molar-refractivity contribution in [3.05, 3.63) is 29.6 Å². The van der Waals surface area contributed by atoms with Gasteiger partial charge in [0.05, 0.1) is 0 Å². The van der Waals surface area contributed by atoms with Gasteiger partial charge in [0.25, 0.3) is 0 Å². The third-order valence-corrected chi connectivity index (χ3v) is 5.36. The summed E-state index contributed by atoms with van der Waals surface area (Å²) in [5, 5.41) is 0. The summed E-state index contributed by atoms with van der Waals surface area (Å²) in [5.41, 5.74) is 5.81. The molecule has 1 aromatic rings. The highest BCUT2D eigenvalue weighted by molar-refractivity contribution is 5.30. The smallest absolute Gasteiger partial charge is 0.0483 e. The lowest BCUT2D eigenvalue weighted by molar-refractivity contribution is -0.00777. The maximum absolute atomic E-state index is 5.95. The number of aromatic nitrogens is 1. The minimum absolute atomic E-state index is 0.314. The van der Waals surface area contributed by atoms with Gasteiger partial charge in [-0.3, -0.25) is 26.1 Å². The van der Waals surface area contributed by atoms with Gasteiger partial charge in [0.15, 0.2) is 0 Å². The van der Waals surface area contributed by atoms with Crippen LogP contribution in [0.5, 0.6) is 0 Å². The van der Waals surface area contributed by atoms with Crippen LogP contribution in [0.2, 0.25) is 0 Å². The van der Waals surface area contributed by atoms with E-state index in [4.69, 9.17) is 5.84 Å². The molecule has 0 amide bonds. The van der Waals surface area contributed by atoms with Crippen LogP contribution in [0.1, 0.15) is 23.6 Å². The molecule has 3 aliphatic heterocycles. The lowest BCUT2D eigenvalue weighted by Gasteiger charge is -2.51. The number of piperazine rings is 3. The maximum Gasteiger partial charge on any atom is 0.0483 e.